The van der Waals surface area contributed by atoms with E-state index in [-0.39, 0.29) is 5.82 Å². The maximum Gasteiger partial charge on any atom is 0.125 e. The molecule has 78 valence electrons. The number of nitrogens with one attached hydrogen (secondary N) is 1. The van der Waals surface area contributed by atoms with Gasteiger partial charge in [0.05, 0.1) is 5.69 Å². The van der Waals surface area contributed by atoms with E-state index in [0.29, 0.717) is 6.54 Å². The molecular weight excluding hydrogens is 277 g/mol. The molecule has 0 amide bonds. The highest BCUT2D eigenvalue weighted by molar-refractivity contribution is 9.10. The monoisotopic (exact) mass is 285 g/mol. The minimum atomic E-state index is -0.231. The van der Waals surface area contributed by atoms with Crippen molar-refractivity contribution >= 4 is 33.0 Å². The van der Waals surface area contributed by atoms with E-state index in [4.69, 9.17) is 0 Å². The highest BCUT2D eigenvalue weighted by Gasteiger charge is 2.01. The predicted molar refractivity (Wildman–Crippen MR) is 65.7 cm³/mol. The molecule has 0 saturated carbocycles. The van der Waals surface area contributed by atoms with Crippen molar-refractivity contribution in [2.24, 2.45) is 0 Å². The lowest BCUT2D eigenvalue weighted by molar-refractivity contribution is 0.628. The van der Waals surface area contributed by atoms with Gasteiger partial charge in [0.1, 0.15) is 5.82 Å². The Kier molecular flexibility index (Phi) is 3.38. The Morgan fingerprint density at radius 3 is 2.93 bits per heavy atom. The molecule has 0 unspecified atom stereocenters. The zero-order valence-electron chi connectivity index (χ0n) is 7.84. The van der Waals surface area contributed by atoms with Crippen LogP contribution in [0.3, 0.4) is 0 Å². The van der Waals surface area contributed by atoms with Gasteiger partial charge in [-0.05, 0) is 56.5 Å². The average Bonchev–Trinajstić information content (AvgIpc) is 2.72. The van der Waals surface area contributed by atoms with Gasteiger partial charge in [0.15, 0.2) is 0 Å². The van der Waals surface area contributed by atoms with Crippen molar-refractivity contribution in [1.82, 2.24) is 0 Å². The summed E-state index contributed by atoms with van der Waals surface area (Å²) in [7, 11) is 0. The minimum absolute atomic E-state index is 0.231. The van der Waals surface area contributed by atoms with Crippen LogP contribution >= 0.6 is 27.3 Å². The largest absolute Gasteiger partial charge is 0.380 e. The lowest BCUT2D eigenvalue weighted by Crippen LogP contribution is -1.99. The standard InChI is InChI=1S/C11H9BrFNS/c12-10-2-1-9(13)5-11(10)14-6-8-3-4-15-7-8/h1-5,7,14H,6H2. The van der Waals surface area contributed by atoms with Crippen LogP contribution in [0.4, 0.5) is 10.1 Å². The molecule has 2 rings (SSSR count). The van der Waals surface area contributed by atoms with E-state index in [1.54, 1.807) is 17.4 Å². The summed E-state index contributed by atoms with van der Waals surface area (Å²) in [6, 6.07) is 6.66. The van der Waals surface area contributed by atoms with Crippen molar-refractivity contribution < 1.29 is 4.39 Å². The molecule has 1 heterocycles. The van der Waals surface area contributed by atoms with E-state index in [9.17, 15) is 4.39 Å². The molecule has 4 heteroatoms. The maximum absolute atomic E-state index is 13.0. The first kappa shape index (κ1) is 10.6. The van der Waals surface area contributed by atoms with Gasteiger partial charge in [-0.15, -0.1) is 0 Å². The second kappa shape index (κ2) is 4.77. The normalized spacial score (nSPS) is 10.3. The summed E-state index contributed by atoms with van der Waals surface area (Å²) < 4.78 is 13.8. The molecular formula is C11H9BrFNS. The number of hydrogen-bond donors (Lipinski definition) is 1. The molecule has 0 bridgehead atoms. The lowest BCUT2D eigenvalue weighted by Gasteiger charge is -2.07. The third-order valence-corrected chi connectivity index (χ3v) is 3.42. The van der Waals surface area contributed by atoms with E-state index < -0.39 is 0 Å². The predicted octanol–water partition coefficient (Wildman–Crippen LogP) is 4.26. The van der Waals surface area contributed by atoms with Crippen molar-refractivity contribution in [1.29, 1.82) is 0 Å². The van der Waals surface area contributed by atoms with Crippen molar-refractivity contribution in [2.45, 2.75) is 6.54 Å². The fourth-order valence-electron chi connectivity index (χ4n) is 1.22. The second-order valence-corrected chi connectivity index (χ2v) is 4.74. The number of thiophene rings is 1. The van der Waals surface area contributed by atoms with Gasteiger partial charge >= 0.3 is 0 Å². The van der Waals surface area contributed by atoms with Crippen LogP contribution in [0.5, 0.6) is 0 Å². The van der Waals surface area contributed by atoms with Crippen LogP contribution in [-0.2, 0) is 6.54 Å². The van der Waals surface area contributed by atoms with Crippen LogP contribution in [0.1, 0.15) is 5.56 Å². The van der Waals surface area contributed by atoms with Gasteiger partial charge in [-0.1, -0.05) is 0 Å². The Hall–Kier alpha value is -0.870. The first-order valence-electron chi connectivity index (χ1n) is 4.46. The molecule has 0 aliphatic rings. The molecule has 15 heavy (non-hydrogen) atoms. The first-order valence-corrected chi connectivity index (χ1v) is 6.19. The topological polar surface area (TPSA) is 12.0 Å². The van der Waals surface area contributed by atoms with Crippen molar-refractivity contribution in [3.8, 4) is 0 Å². The Labute approximate surface area is 100 Å². The molecule has 2 aromatic rings. The summed E-state index contributed by atoms with van der Waals surface area (Å²) >= 11 is 5.02. The summed E-state index contributed by atoms with van der Waals surface area (Å²) in [5, 5.41) is 7.27. The Morgan fingerprint density at radius 2 is 2.20 bits per heavy atom. The van der Waals surface area contributed by atoms with Crippen LogP contribution in [0.2, 0.25) is 0 Å². The molecule has 1 nitrogen and oxygen atoms in total. The van der Waals surface area contributed by atoms with Crippen molar-refractivity contribution in [3.05, 3.63) is 50.9 Å². The number of halogens is 2. The van der Waals surface area contributed by atoms with E-state index in [1.165, 1.54) is 17.7 Å². The van der Waals surface area contributed by atoms with E-state index in [2.05, 4.69) is 26.6 Å². The van der Waals surface area contributed by atoms with Gasteiger partial charge in [0, 0.05) is 11.0 Å². The molecule has 1 aromatic carbocycles. The van der Waals surface area contributed by atoms with Crippen LogP contribution in [0.15, 0.2) is 39.5 Å². The van der Waals surface area contributed by atoms with E-state index in [0.717, 1.165) is 10.2 Å². The molecule has 0 aliphatic carbocycles. The Bertz CT molecular complexity index is 442. The summed E-state index contributed by atoms with van der Waals surface area (Å²) in [6.45, 7) is 0.714. The van der Waals surface area contributed by atoms with Gasteiger partial charge < -0.3 is 5.32 Å². The second-order valence-electron chi connectivity index (χ2n) is 3.11. The zero-order chi connectivity index (χ0) is 10.7. The summed E-state index contributed by atoms with van der Waals surface area (Å²) in [6.07, 6.45) is 0. The number of rotatable bonds is 3. The molecule has 0 aliphatic heterocycles. The fourth-order valence-corrected chi connectivity index (χ4v) is 2.28. The fraction of sp³-hybridized carbons (Fsp3) is 0.0909. The van der Waals surface area contributed by atoms with E-state index in [1.807, 2.05) is 11.4 Å². The molecule has 0 spiro atoms. The first-order chi connectivity index (χ1) is 7.25. The van der Waals surface area contributed by atoms with Crippen molar-refractivity contribution in [2.75, 3.05) is 5.32 Å². The number of anilines is 1. The van der Waals surface area contributed by atoms with Gasteiger partial charge in [-0.25, -0.2) is 4.39 Å². The van der Waals surface area contributed by atoms with Gasteiger partial charge in [0.25, 0.3) is 0 Å². The summed E-state index contributed by atoms with van der Waals surface area (Å²) in [5.41, 5.74) is 1.98. The third kappa shape index (κ3) is 2.79. The number of benzene rings is 1. The minimum Gasteiger partial charge on any atom is -0.380 e. The highest BCUT2D eigenvalue weighted by atomic mass is 79.9. The van der Waals surface area contributed by atoms with Crippen LogP contribution in [-0.4, -0.2) is 0 Å². The number of hydrogen-bond acceptors (Lipinski definition) is 2. The van der Waals surface area contributed by atoms with Crippen LogP contribution in [0, 0.1) is 5.82 Å². The summed E-state index contributed by atoms with van der Waals surface area (Å²) in [4.78, 5) is 0. The molecule has 1 aromatic heterocycles. The Morgan fingerprint density at radius 1 is 1.33 bits per heavy atom. The van der Waals surface area contributed by atoms with Crippen LogP contribution in [0.25, 0.3) is 0 Å². The molecule has 1 N–H and O–H groups in total. The molecule has 0 atom stereocenters. The van der Waals surface area contributed by atoms with Crippen LogP contribution < -0.4 is 5.32 Å². The zero-order valence-corrected chi connectivity index (χ0v) is 10.2. The Balaban J connectivity index is 2.07. The molecule has 0 saturated heterocycles. The maximum atomic E-state index is 13.0. The SMILES string of the molecule is Fc1ccc(Br)c(NCc2ccsc2)c1. The van der Waals surface area contributed by atoms with E-state index >= 15 is 0 Å². The average molecular weight is 286 g/mol. The highest BCUT2D eigenvalue weighted by Crippen LogP contribution is 2.23. The summed E-state index contributed by atoms with van der Waals surface area (Å²) in [5.74, 6) is -0.231. The smallest absolute Gasteiger partial charge is 0.125 e. The molecule has 0 radical (unpaired) electrons. The molecule has 0 fully saturated rings. The van der Waals surface area contributed by atoms with Gasteiger partial charge in [0.2, 0.25) is 0 Å². The third-order valence-electron chi connectivity index (χ3n) is 1.99. The lowest BCUT2D eigenvalue weighted by atomic mass is 10.3. The quantitative estimate of drug-likeness (QED) is 0.888. The van der Waals surface area contributed by atoms with Gasteiger partial charge in [-0.2, -0.15) is 11.3 Å². The van der Waals surface area contributed by atoms with Gasteiger partial charge in [-0.3, -0.25) is 0 Å². The van der Waals surface area contributed by atoms with Crippen molar-refractivity contribution in [3.63, 3.8) is 0 Å².